The van der Waals surface area contributed by atoms with Gasteiger partial charge in [0.15, 0.2) is 6.61 Å². The van der Waals surface area contributed by atoms with E-state index in [1.807, 2.05) is 0 Å². The molecule has 2 aromatic carbocycles. The van der Waals surface area contributed by atoms with Gasteiger partial charge < -0.3 is 14.8 Å². The van der Waals surface area contributed by atoms with Crippen LogP contribution in [0.25, 0.3) is 0 Å². The maximum absolute atomic E-state index is 12.3. The molecule has 1 amide bonds. The summed E-state index contributed by atoms with van der Waals surface area (Å²) in [6.07, 6.45) is 0. The Kier molecular flexibility index (Phi) is 7.48. The number of hydrogen-bond donors (Lipinski definition) is 1. The number of esters is 1. The zero-order chi connectivity index (χ0) is 21.8. The summed E-state index contributed by atoms with van der Waals surface area (Å²) in [6, 6.07) is 8.26. The van der Waals surface area contributed by atoms with Crippen LogP contribution in [0, 0.1) is 0 Å². The van der Waals surface area contributed by atoms with Gasteiger partial charge in [0, 0.05) is 19.8 Å². The molecule has 0 aliphatic rings. The molecule has 2 aromatic rings. The molecule has 0 aromatic heterocycles. The number of hydrogen-bond acceptors (Lipinski definition) is 6. The summed E-state index contributed by atoms with van der Waals surface area (Å²) < 4.78 is 35.4. The van der Waals surface area contributed by atoms with E-state index in [9.17, 15) is 18.0 Å². The number of anilines is 1. The predicted molar refractivity (Wildman–Crippen MR) is 109 cm³/mol. The van der Waals surface area contributed by atoms with E-state index in [4.69, 9.17) is 32.7 Å². The number of carbonyl (C=O) groups excluding carboxylic acids is 2. The molecule has 0 spiro atoms. The third-order valence-corrected chi connectivity index (χ3v) is 6.14. The van der Waals surface area contributed by atoms with Gasteiger partial charge in [-0.3, -0.25) is 4.79 Å². The molecule has 0 aliphatic carbocycles. The molecule has 0 fully saturated rings. The topological polar surface area (TPSA) is 102 Å². The number of nitrogens with zero attached hydrogens (tertiary/aromatic N) is 1. The van der Waals surface area contributed by atoms with Crippen LogP contribution in [-0.2, 0) is 19.6 Å². The Bertz CT molecular complexity index is 1040. The monoisotopic (exact) mass is 460 g/mol. The molecule has 11 heteroatoms. The SMILES string of the molecule is COc1ccc(NC(=O)COC(=O)c2cc(S(=O)(=O)N(C)C)ccc2Cl)cc1Cl. The van der Waals surface area contributed by atoms with E-state index < -0.39 is 28.5 Å². The maximum Gasteiger partial charge on any atom is 0.340 e. The molecular weight excluding hydrogens is 443 g/mol. The van der Waals surface area contributed by atoms with Crippen LogP contribution in [0.2, 0.25) is 10.0 Å². The van der Waals surface area contributed by atoms with Crippen molar-refractivity contribution < 1.29 is 27.5 Å². The maximum atomic E-state index is 12.3. The minimum Gasteiger partial charge on any atom is -0.495 e. The first-order chi connectivity index (χ1) is 13.6. The lowest BCUT2D eigenvalue weighted by Gasteiger charge is -2.13. The van der Waals surface area contributed by atoms with Gasteiger partial charge in [-0.25, -0.2) is 17.5 Å². The summed E-state index contributed by atoms with van der Waals surface area (Å²) in [5.41, 5.74) is 0.212. The van der Waals surface area contributed by atoms with E-state index in [1.165, 1.54) is 39.4 Å². The molecule has 0 bridgehead atoms. The zero-order valence-electron chi connectivity index (χ0n) is 15.7. The van der Waals surface area contributed by atoms with Crippen molar-refractivity contribution in [1.29, 1.82) is 0 Å². The number of rotatable bonds is 7. The van der Waals surface area contributed by atoms with E-state index in [0.717, 1.165) is 10.4 Å². The summed E-state index contributed by atoms with van der Waals surface area (Å²) >= 11 is 12.0. The Morgan fingerprint density at radius 2 is 1.76 bits per heavy atom. The fraction of sp³-hybridized carbons (Fsp3) is 0.222. The average molecular weight is 461 g/mol. The number of nitrogens with one attached hydrogen (secondary N) is 1. The lowest BCUT2D eigenvalue weighted by molar-refractivity contribution is -0.119. The van der Waals surface area contributed by atoms with Crippen LogP contribution in [0.1, 0.15) is 10.4 Å². The molecule has 1 N–H and O–H groups in total. The van der Waals surface area contributed by atoms with Crippen molar-refractivity contribution in [1.82, 2.24) is 4.31 Å². The van der Waals surface area contributed by atoms with E-state index in [0.29, 0.717) is 16.5 Å². The lowest BCUT2D eigenvalue weighted by atomic mass is 10.2. The van der Waals surface area contributed by atoms with Crippen LogP contribution in [0.15, 0.2) is 41.3 Å². The third kappa shape index (κ3) is 5.60. The second-order valence-electron chi connectivity index (χ2n) is 5.90. The molecule has 0 aliphatic heterocycles. The van der Waals surface area contributed by atoms with Crippen molar-refractivity contribution >= 4 is 50.8 Å². The van der Waals surface area contributed by atoms with Crippen LogP contribution < -0.4 is 10.1 Å². The van der Waals surface area contributed by atoms with Crippen molar-refractivity contribution in [2.24, 2.45) is 0 Å². The Morgan fingerprint density at radius 3 is 2.34 bits per heavy atom. The van der Waals surface area contributed by atoms with Crippen LogP contribution in [0.3, 0.4) is 0 Å². The Labute approximate surface area is 178 Å². The van der Waals surface area contributed by atoms with Gasteiger partial charge in [-0.2, -0.15) is 0 Å². The molecule has 0 saturated heterocycles. The largest absolute Gasteiger partial charge is 0.495 e. The summed E-state index contributed by atoms with van der Waals surface area (Å²) in [4.78, 5) is 24.2. The van der Waals surface area contributed by atoms with E-state index in [2.05, 4.69) is 5.32 Å². The van der Waals surface area contributed by atoms with Gasteiger partial charge >= 0.3 is 5.97 Å². The molecule has 0 atom stereocenters. The van der Waals surface area contributed by atoms with Crippen LogP contribution >= 0.6 is 23.2 Å². The zero-order valence-corrected chi connectivity index (χ0v) is 18.1. The highest BCUT2D eigenvalue weighted by Gasteiger charge is 2.22. The highest BCUT2D eigenvalue weighted by atomic mass is 35.5. The average Bonchev–Trinajstić information content (AvgIpc) is 2.66. The molecule has 29 heavy (non-hydrogen) atoms. The van der Waals surface area contributed by atoms with Crippen molar-refractivity contribution in [3.8, 4) is 5.75 Å². The number of carbonyl (C=O) groups is 2. The summed E-state index contributed by atoms with van der Waals surface area (Å²) in [5, 5.41) is 2.81. The number of halogens is 2. The highest BCUT2D eigenvalue weighted by Crippen LogP contribution is 2.27. The van der Waals surface area contributed by atoms with E-state index in [1.54, 1.807) is 12.1 Å². The van der Waals surface area contributed by atoms with Gasteiger partial charge in [0.25, 0.3) is 5.91 Å². The normalized spacial score (nSPS) is 11.2. The molecule has 156 valence electrons. The first kappa shape index (κ1) is 23.0. The standard InChI is InChI=1S/C18H18Cl2N2O6S/c1-22(2)29(25,26)12-5-6-14(19)13(9-12)18(24)28-10-17(23)21-11-4-7-16(27-3)15(20)8-11/h4-9H,10H2,1-3H3,(H,21,23). The van der Waals surface area contributed by atoms with E-state index >= 15 is 0 Å². The van der Waals surface area contributed by atoms with Crippen LogP contribution in [0.4, 0.5) is 5.69 Å². The third-order valence-electron chi connectivity index (χ3n) is 3.71. The number of benzene rings is 2. The lowest BCUT2D eigenvalue weighted by Crippen LogP contribution is -2.23. The number of methoxy groups -OCH3 is 1. The summed E-state index contributed by atoms with van der Waals surface area (Å²) in [6.45, 7) is -0.608. The van der Waals surface area contributed by atoms with Crippen LogP contribution in [-0.4, -0.2) is 52.4 Å². The minimum atomic E-state index is -3.77. The fourth-order valence-electron chi connectivity index (χ4n) is 2.18. The van der Waals surface area contributed by atoms with Gasteiger partial charge in [-0.05, 0) is 36.4 Å². The first-order valence-corrected chi connectivity index (χ1v) is 10.3. The Morgan fingerprint density at radius 1 is 1.07 bits per heavy atom. The smallest absolute Gasteiger partial charge is 0.340 e. The molecule has 0 unspecified atom stereocenters. The second-order valence-corrected chi connectivity index (χ2v) is 8.87. The summed E-state index contributed by atoms with van der Waals surface area (Å²) in [7, 11) is 0.412. The molecule has 0 heterocycles. The fourth-order valence-corrected chi connectivity index (χ4v) is 3.56. The Balaban J connectivity index is 2.07. The number of sulfonamides is 1. The number of amides is 1. The first-order valence-electron chi connectivity index (χ1n) is 8.09. The quantitative estimate of drug-likeness (QED) is 0.636. The van der Waals surface area contributed by atoms with Gasteiger partial charge in [-0.15, -0.1) is 0 Å². The minimum absolute atomic E-state index is 0.00458. The molecule has 0 saturated carbocycles. The molecule has 8 nitrogen and oxygen atoms in total. The van der Waals surface area contributed by atoms with Gasteiger partial charge in [0.1, 0.15) is 5.75 Å². The van der Waals surface area contributed by atoms with Crippen molar-refractivity contribution in [2.45, 2.75) is 4.90 Å². The highest BCUT2D eigenvalue weighted by molar-refractivity contribution is 7.89. The Hall–Kier alpha value is -2.33. The van der Waals surface area contributed by atoms with Gasteiger partial charge in [-0.1, -0.05) is 23.2 Å². The van der Waals surface area contributed by atoms with Gasteiger partial charge in [0.05, 0.1) is 27.6 Å². The van der Waals surface area contributed by atoms with Crippen molar-refractivity contribution in [2.75, 3.05) is 33.1 Å². The van der Waals surface area contributed by atoms with Crippen LogP contribution in [0.5, 0.6) is 5.75 Å². The summed E-state index contributed by atoms with van der Waals surface area (Å²) in [5.74, 6) is -1.11. The van der Waals surface area contributed by atoms with Crippen molar-refractivity contribution in [3.63, 3.8) is 0 Å². The molecule has 0 radical (unpaired) electrons. The second kappa shape index (κ2) is 9.45. The van der Waals surface area contributed by atoms with Gasteiger partial charge in [0.2, 0.25) is 10.0 Å². The molecular formula is C18H18Cl2N2O6S. The van der Waals surface area contributed by atoms with E-state index in [-0.39, 0.29) is 15.5 Å². The molecule has 2 rings (SSSR count). The van der Waals surface area contributed by atoms with Crippen molar-refractivity contribution in [3.05, 3.63) is 52.0 Å². The number of ether oxygens (including phenoxy) is 2. The predicted octanol–water partition coefficient (Wildman–Crippen LogP) is 3.05.